The highest BCUT2D eigenvalue weighted by Gasteiger charge is 2.35. The number of aryl methyl sites for hydroxylation is 1. The van der Waals surface area contributed by atoms with Gasteiger partial charge in [-0.05, 0) is 68.1 Å². The summed E-state index contributed by atoms with van der Waals surface area (Å²) in [5.74, 6) is 1.19. The summed E-state index contributed by atoms with van der Waals surface area (Å²) in [6.07, 6.45) is 6.04. The Hall–Kier alpha value is -3.46. The molecule has 5 nitrogen and oxygen atoms in total. The molecule has 204 valence electrons. The highest BCUT2D eigenvalue weighted by molar-refractivity contribution is 5.71. The van der Waals surface area contributed by atoms with E-state index >= 15 is 0 Å². The molecule has 1 atom stereocenters. The van der Waals surface area contributed by atoms with Gasteiger partial charge in [0.15, 0.2) is 0 Å². The van der Waals surface area contributed by atoms with Crippen LogP contribution < -0.4 is 4.74 Å². The molecular weight excluding hydrogens is 480 g/mol. The molecule has 4 rings (SSSR count). The Morgan fingerprint density at radius 3 is 2.28 bits per heavy atom. The van der Waals surface area contributed by atoms with Crippen molar-refractivity contribution < 1.29 is 4.74 Å². The van der Waals surface area contributed by atoms with Crippen LogP contribution in [0.4, 0.5) is 0 Å². The molecule has 0 aliphatic carbocycles. The Balaban J connectivity index is 1.21. The predicted octanol–water partition coefficient (Wildman–Crippen LogP) is 6.45. The van der Waals surface area contributed by atoms with Crippen molar-refractivity contribution in [1.82, 2.24) is 14.8 Å². The number of piperazine rings is 1. The third kappa shape index (κ3) is 7.79. The molecule has 0 radical (unpaired) electrons. The molecule has 1 saturated heterocycles. The first-order chi connectivity index (χ1) is 19.0. The molecule has 2 aromatic carbocycles. The van der Waals surface area contributed by atoms with E-state index in [9.17, 15) is 5.26 Å². The largest absolute Gasteiger partial charge is 0.492 e. The number of hydrogen-bond donors (Lipinski definition) is 0. The standard InChI is InChI=1S/C34H42N4O/c1-28(2)34(27-35,31-13-5-4-6-14-31)19-10-20-37-21-23-38(24-22-37)25-26-39-33-16-8-7-12-30(33)17-18-32-15-9-11-29(3)36-32/h4-9,11-18,28H,10,19-26H2,1-3H3. The first-order valence-corrected chi connectivity index (χ1v) is 14.3. The summed E-state index contributed by atoms with van der Waals surface area (Å²) in [5, 5.41) is 10.2. The van der Waals surface area contributed by atoms with E-state index in [0.29, 0.717) is 6.61 Å². The van der Waals surface area contributed by atoms with Crippen molar-refractivity contribution in [3.8, 4) is 11.8 Å². The van der Waals surface area contributed by atoms with Gasteiger partial charge in [-0.15, -0.1) is 0 Å². The van der Waals surface area contributed by atoms with Crippen LogP contribution in [0.5, 0.6) is 5.75 Å². The van der Waals surface area contributed by atoms with Crippen molar-refractivity contribution in [3.05, 3.63) is 95.3 Å². The average molecular weight is 523 g/mol. The normalized spacial score (nSPS) is 16.3. The summed E-state index contributed by atoms with van der Waals surface area (Å²) >= 11 is 0. The third-order valence-electron chi connectivity index (χ3n) is 7.91. The van der Waals surface area contributed by atoms with Crippen molar-refractivity contribution in [2.75, 3.05) is 45.9 Å². The summed E-state index contributed by atoms with van der Waals surface area (Å²) in [6, 6.07) is 27.3. The molecule has 39 heavy (non-hydrogen) atoms. The summed E-state index contributed by atoms with van der Waals surface area (Å²) in [4.78, 5) is 9.59. The second kappa shape index (κ2) is 14.1. The molecule has 1 unspecified atom stereocenters. The molecular formula is C34H42N4O. The second-order valence-electron chi connectivity index (χ2n) is 10.8. The Morgan fingerprint density at radius 1 is 0.897 bits per heavy atom. The molecule has 0 saturated carbocycles. The smallest absolute Gasteiger partial charge is 0.126 e. The highest BCUT2D eigenvalue weighted by Crippen LogP contribution is 2.36. The first kappa shape index (κ1) is 28.5. The lowest BCUT2D eigenvalue weighted by Crippen LogP contribution is -2.47. The number of nitriles is 1. The number of hydrogen-bond acceptors (Lipinski definition) is 5. The molecule has 0 amide bonds. The van der Waals surface area contributed by atoms with Gasteiger partial charge in [0, 0.05) is 44.0 Å². The fourth-order valence-electron chi connectivity index (χ4n) is 5.44. The zero-order valence-corrected chi connectivity index (χ0v) is 23.7. The lowest BCUT2D eigenvalue weighted by atomic mass is 9.70. The Labute approximate surface area is 234 Å². The van der Waals surface area contributed by atoms with E-state index in [4.69, 9.17) is 4.74 Å². The van der Waals surface area contributed by atoms with Gasteiger partial charge in [0.05, 0.1) is 17.2 Å². The molecule has 0 bridgehead atoms. The summed E-state index contributed by atoms with van der Waals surface area (Å²) in [7, 11) is 0. The van der Waals surface area contributed by atoms with Crippen LogP contribution in [0.15, 0.2) is 72.8 Å². The number of ether oxygens (including phenoxy) is 1. The molecule has 1 aliphatic rings. The van der Waals surface area contributed by atoms with Gasteiger partial charge in [-0.1, -0.05) is 68.4 Å². The number of nitrogens with zero attached hydrogens (tertiary/aromatic N) is 4. The Morgan fingerprint density at radius 2 is 1.59 bits per heavy atom. The van der Waals surface area contributed by atoms with Crippen LogP contribution in [-0.2, 0) is 5.41 Å². The van der Waals surface area contributed by atoms with Gasteiger partial charge in [-0.25, -0.2) is 0 Å². The molecule has 1 aliphatic heterocycles. The van der Waals surface area contributed by atoms with Crippen molar-refractivity contribution >= 4 is 12.2 Å². The molecule has 1 aromatic heterocycles. The summed E-state index contributed by atoms with van der Waals surface area (Å²) < 4.78 is 6.20. The van der Waals surface area contributed by atoms with Crippen LogP contribution in [0, 0.1) is 24.2 Å². The fraction of sp³-hybridized carbons (Fsp3) is 0.412. The number of pyridine rings is 1. The van der Waals surface area contributed by atoms with E-state index in [0.717, 1.165) is 80.4 Å². The van der Waals surface area contributed by atoms with Crippen molar-refractivity contribution in [3.63, 3.8) is 0 Å². The zero-order chi connectivity index (χ0) is 27.5. The minimum atomic E-state index is -0.414. The maximum Gasteiger partial charge on any atom is 0.126 e. The molecule has 2 heterocycles. The topological polar surface area (TPSA) is 52.4 Å². The van der Waals surface area contributed by atoms with Gasteiger partial charge < -0.3 is 9.64 Å². The van der Waals surface area contributed by atoms with E-state index in [1.807, 2.05) is 67.6 Å². The third-order valence-corrected chi connectivity index (χ3v) is 7.91. The maximum atomic E-state index is 10.2. The zero-order valence-electron chi connectivity index (χ0n) is 23.7. The molecule has 1 fully saturated rings. The van der Waals surface area contributed by atoms with Crippen molar-refractivity contribution in [2.24, 2.45) is 5.92 Å². The van der Waals surface area contributed by atoms with Crippen LogP contribution in [-0.4, -0.2) is 60.7 Å². The lowest BCUT2D eigenvalue weighted by molar-refractivity contribution is 0.114. The summed E-state index contributed by atoms with van der Waals surface area (Å²) in [6.45, 7) is 13.2. The number of para-hydroxylation sites is 1. The van der Waals surface area contributed by atoms with Crippen LogP contribution in [0.25, 0.3) is 12.2 Å². The van der Waals surface area contributed by atoms with Gasteiger partial charge in [-0.2, -0.15) is 5.26 Å². The van der Waals surface area contributed by atoms with Crippen LogP contribution in [0.3, 0.4) is 0 Å². The molecule has 0 N–H and O–H groups in total. The van der Waals surface area contributed by atoms with E-state index in [1.54, 1.807) is 0 Å². The maximum absolute atomic E-state index is 10.2. The quantitative estimate of drug-likeness (QED) is 0.273. The van der Waals surface area contributed by atoms with Gasteiger partial charge in [-0.3, -0.25) is 9.88 Å². The van der Waals surface area contributed by atoms with E-state index < -0.39 is 5.41 Å². The van der Waals surface area contributed by atoms with Crippen molar-refractivity contribution in [1.29, 1.82) is 5.26 Å². The van der Waals surface area contributed by atoms with Crippen LogP contribution >= 0.6 is 0 Å². The van der Waals surface area contributed by atoms with Crippen LogP contribution in [0.2, 0.25) is 0 Å². The number of rotatable bonds is 12. The fourth-order valence-corrected chi connectivity index (χ4v) is 5.44. The predicted molar refractivity (Wildman–Crippen MR) is 161 cm³/mol. The van der Waals surface area contributed by atoms with Gasteiger partial charge in [0.1, 0.15) is 12.4 Å². The molecule has 5 heteroatoms. The van der Waals surface area contributed by atoms with E-state index in [-0.39, 0.29) is 5.92 Å². The number of aromatic nitrogens is 1. The Bertz CT molecular complexity index is 1240. The van der Waals surface area contributed by atoms with E-state index in [2.05, 4.69) is 59.0 Å². The molecule has 3 aromatic rings. The van der Waals surface area contributed by atoms with E-state index in [1.165, 1.54) is 0 Å². The molecule has 0 spiro atoms. The van der Waals surface area contributed by atoms with Gasteiger partial charge in [0.25, 0.3) is 0 Å². The minimum Gasteiger partial charge on any atom is -0.492 e. The SMILES string of the molecule is Cc1cccc(C=Cc2ccccc2OCCN2CCN(CCCC(C#N)(c3ccccc3)C(C)C)CC2)n1. The minimum absolute atomic E-state index is 0.279. The Kier molecular flexibility index (Phi) is 10.3. The van der Waals surface area contributed by atoms with Crippen molar-refractivity contribution in [2.45, 2.75) is 39.0 Å². The highest BCUT2D eigenvalue weighted by atomic mass is 16.5. The second-order valence-corrected chi connectivity index (χ2v) is 10.8. The summed E-state index contributed by atoms with van der Waals surface area (Å²) in [5.41, 5.74) is 3.76. The average Bonchev–Trinajstić information content (AvgIpc) is 2.96. The van der Waals surface area contributed by atoms with Gasteiger partial charge in [0.2, 0.25) is 0 Å². The first-order valence-electron chi connectivity index (χ1n) is 14.3. The monoisotopic (exact) mass is 522 g/mol. The van der Waals surface area contributed by atoms with Crippen LogP contribution in [0.1, 0.15) is 49.2 Å². The van der Waals surface area contributed by atoms with Gasteiger partial charge >= 0.3 is 0 Å². The number of benzene rings is 2. The lowest BCUT2D eigenvalue weighted by Gasteiger charge is -2.36.